The number of nitrogens with zero attached hydrogens (tertiary/aromatic N) is 2. The maximum Gasteiger partial charge on any atom is 0.341 e. The lowest BCUT2D eigenvalue weighted by atomic mass is 10.2. The van der Waals surface area contributed by atoms with Gasteiger partial charge in [-0.25, -0.2) is 9.78 Å². The molecule has 0 aliphatic heterocycles. The Balaban J connectivity index is 2.41. The fourth-order valence-corrected chi connectivity index (χ4v) is 1.50. The van der Waals surface area contributed by atoms with Crippen molar-refractivity contribution in [2.75, 3.05) is 0 Å². The van der Waals surface area contributed by atoms with Gasteiger partial charge in [0, 0.05) is 12.4 Å². The summed E-state index contributed by atoms with van der Waals surface area (Å²) in [6.45, 7) is 1.76. The Morgan fingerprint density at radius 1 is 1.44 bits per heavy atom. The van der Waals surface area contributed by atoms with Crippen molar-refractivity contribution in [3.63, 3.8) is 0 Å². The fraction of sp³-hybridized carbons (Fsp3) is 0.0833. The minimum Gasteiger partial charge on any atom is -0.477 e. The molecule has 2 rings (SSSR count). The minimum absolute atomic E-state index is 0.0111. The number of carbonyl (C=O) groups is 1. The molecule has 5 nitrogen and oxygen atoms in total. The van der Waals surface area contributed by atoms with Gasteiger partial charge in [0.25, 0.3) is 0 Å². The number of aromatic nitrogens is 2. The van der Waals surface area contributed by atoms with E-state index in [1.807, 2.05) is 0 Å². The molecule has 1 N–H and O–H groups in total. The second kappa shape index (κ2) is 5.01. The van der Waals surface area contributed by atoms with Crippen LogP contribution in [-0.4, -0.2) is 21.0 Å². The van der Waals surface area contributed by atoms with Crippen molar-refractivity contribution < 1.29 is 14.6 Å². The first kappa shape index (κ1) is 12.3. The molecule has 0 saturated carbocycles. The first-order valence-corrected chi connectivity index (χ1v) is 5.44. The molecule has 0 spiro atoms. The third-order valence-corrected chi connectivity index (χ3v) is 2.42. The Kier molecular flexibility index (Phi) is 3.43. The monoisotopic (exact) mass is 264 g/mol. The fourth-order valence-electron chi connectivity index (χ4n) is 1.34. The first-order chi connectivity index (χ1) is 8.58. The summed E-state index contributed by atoms with van der Waals surface area (Å²) < 4.78 is 5.44. The molecule has 6 heteroatoms. The summed E-state index contributed by atoms with van der Waals surface area (Å²) in [5, 5.41) is 9.28. The normalized spacial score (nSPS) is 10.1. The number of hydrogen-bond acceptors (Lipinski definition) is 4. The van der Waals surface area contributed by atoms with Crippen LogP contribution in [0, 0.1) is 6.92 Å². The molecule has 0 aliphatic rings. The maximum atomic E-state index is 11.1. The summed E-state index contributed by atoms with van der Waals surface area (Å²) in [5.41, 5.74) is 0.552. The van der Waals surface area contributed by atoms with E-state index in [1.165, 1.54) is 12.3 Å². The van der Waals surface area contributed by atoms with Gasteiger partial charge < -0.3 is 9.84 Å². The van der Waals surface area contributed by atoms with Crippen molar-refractivity contribution in [3.05, 3.63) is 46.9 Å². The lowest BCUT2D eigenvalue weighted by molar-refractivity contribution is 0.0693. The molecule has 2 aromatic heterocycles. The quantitative estimate of drug-likeness (QED) is 0.923. The zero-order chi connectivity index (χ0) is 13.1. The minimum atomic E-state index is -1.15. The van der Waals surface area contributed by atoms with E-state index in [4.69, 9.17) is 21.4 Å². The molecule has 0 unspecified atom stereocenters. The van der Waals surface area contributed by atoms with E-state index in [1.54, 1.807) is 25.3 Å². The Labute approximate surface area is 108 Å². The molecule has 0 aromatic carbocycles. The summed E-state index contributed by atoms with van der Waals surface area (Å²) in [4.78, 5) is 19.0. The number of carboxylic acid groups (broad SMARTS) is 1. The van der Waals surface area contributed by atoms with E-state index in [9.17, 15) is 4.79 Å². The number of aryl methyl sites for hydroxylation is 1. The van der Waals surface area contributed by atoms with Crippen LogP contribution in [0.3, 0.4) is 0 Å². The Morgan fingerprint density at radius 3 is 2.89 bits per heavy atom. The Bertz CT molecular complexity index is 602. The predicted molar refractivity (Wildman–Crippen MR) is 65.3 cm³/mol. The van der Waals surface area contributed by atoms with E-state index in [0.717, 1.165) is 0 Å². The zero-order valence-corrected chi connectivity index (χ0v) is 10.2. The predicted octanol–water partition coefficient (Wildman–Crippen LogP) is 2.93. The van der Waals surface area contributed by atoms with Crippen LogP contribution in [0.15, 0.2) is 30.6 Å². The number of ether oxygens (including phenoxy) is 1. The number of pyridine rings is 2. The molecule has 92 valence electrons. The molecule has 0 saturated heterocycles. The van der Waals surface area contributed by atoms with Crippen molar-refractivity contribution in [2.45, 2.75) is 6.92 Å². The Hall–Kier alpha value is -2.14. The topological polar surface area (TPSA) is 72.3 Å². The summed E-state index contributed by atoms with van der Waals surface area (Å²) in [6.07, 6.45) is 2.95. The molecule has 2 aromatic rings. The van der Waals surface area contributed by atoms with E-state index >= 15 is 0 Å². The molecule has 0 atom stereocenters. The van der Waals surface area contributed by atoms with Crippen molar-refractivity contribution in [1.82, 2.24) is 9.97 Å². The number of aromatic carboxylic acids is 1. The van der Waals surface area contributed by atoms with Crippen LogP contribution in [0.1, 0.15) is 16.1 Å². The van der Waals surface area contributed by atoms with E-state index in [0.29, 0.717) is 11.4 Å². The molecule has 0 fully saturated rings. The van der Waals surface area contributed by atoms with Crippen LogP contribution in [0.25, 0.3) is 0 Å². The second-order valence-electron chi connectivity index (χ2n) is 3.50. The molecule has 0 bridgehead atoms. The molecular formula is C12H9ClN2O3. The van der Waals surface area contributed by atoms with Gasteiger partial charge in [0.05, 0.1) is 10.7 Å². The molecule has 18 heavy (non-hydrogen) atoms. The highest BCUT2D eigenvalue weighted by Gasteiger charge is 2.15. The molecule has 0 aliphatic carbocycles. The van der Waals surface area contributed by atoms with Crippen LogP contribution in [0.2, 0.25) is 5.02 Å². The number of halogens is 1. The first-order valence-electron chi connectivity index (χ1n) is 5.06. The van der Waals surface area contributed by atoms with Gasteiger partial charge in [0.1, 0.15) is 5.56 Å². The van der Waals surface area contributed by atoms with Crippen molar-refractivity contribution >= 4 is 17.6 Å². The van der Waals surface area contributed by atoms with Crippen molar-refractivity contribution in [1.29, 1.82) is 0 Å². The third kappa shape index (κ3) is 2.57. The average molecular weight is 265 g/mol. The maximum absolute atomic E-state index is 11.1. The van der Waals surface area contributed by atoms with Gasteiger partial charge in [-0.05, 0) is 25.1 Å². The van der Waals surface area contributed by atoms with Crippen LogP contribution < -0.4 is 4.74 Å². The summed E-state index contributed by atoms with van der Waals surface area (Å²) in [7, 11) is 0. The van der Waals surface area contributed by atoms with Gasteiger partial charge in [-0.15, -0.1) is 0 Å². The SMILES string of the molecule is Cc1ncccc1Oc1ncc(Cl)cc1C(=O)O. The molecule has 0 radical (unpaired) electrons. The third-order valence-electron chi connectivity index (χ3n) is 2.21. The van der Waals surface area contributed by atoms with Gasteiger partial charge in [0.15, 0.2) is 5.75 Å². The molecule has 2 heterocycles. The van der Waals surface area contributed by atoms with Gasteiger partial charge in [0.2, 0.25) is 5.88 Å². The van der Waals surface area contributed by atoms with Gasteiger partial charge in [-0.2, -0.15) is 0 Å². The second-order valence-corrected chi connectivity index (χ2v) is 3.94. The van der Waals surface area contributed by atoms with Crippen molar-refractivity contribution in [3.8, 4) is 11.6 Å². The largest absolute Gasteiger partial charge is 0.477 e. The van der Waals surface area contributed by atoms with E-state index in [-0.39, 0.29) is 16.5 Å². The van der Waals surface area contributed by atoms with Gasteiger partial charge in [-0.3, -0.25) is 4.98 Å². The van der Waals surface area contributed by atoms with Crippen molar-refractivity contribution in [2.24, 2.45) is 0 Å². The average Bonchev–Trinajstić information content (AvgIpc) is 2.34. The summed E-state index contributed by atoms with van der Waals surface area (Å²) in [5.74, 6) is -0.709. The molecular weight excluding hydrogens is 256 g/mol. The van der Waals surface area contributed by atoms with Crippen LogP contribution >= 0.6 is 11.6 Å². The van der Waals surface area contributed by atoms with Crippen LogP contribution in [-0.2, 0) is 0 Å². The highest BCUT2D eigenvalue weighted by Crippen LogP contribution is 2.26. The number of rotatable bonds is 3. The molecule has 0 amide bonds. The highest BCUT2D eigenvalue weighted by molar-refractivity contribution is 6.30. The standard InChI is InChI=1S/C12H9ClN2O3/c1-7-10(3-2-4-14-7)18-11-9(12(16)17)5-8(13)6-15-11/h2-6H,1H3,(H,16,17). The van der Waals surface area contributed by atoms with Crippen LogP contribution in [0.4, 0.5) is 0 Å². The summed E-state index contributed by atoms with van der Waals surface area (Å²) >= 11 is 5.70. The smallest absolute Gasteiger partial charge is 0.341 e. The zero-order valence-electron chi connectivity index (χ0n) is 9.42. The van der Waals surface area contributed by atoms with Gasteiger partial charge >= 0.3 is 5.97 Å². The Morgan fingerprint density at radius 2 is 2.22 bits per heavy atom. The highest BCUT2D eigenvalue weighted by atomic mass is 35.5. The van der Waals surface area contributed by atoms with E-state index in [2.05, 4.69) is 9.97 Å². The number of carboxylic acids is 1. The lowest BCUT2D eigenvalue weighted by Gasteiger charge is -2.09. The van der Waals surface area contributed by atoms with Crippen LogP contribution in [0.5, 0.6) is 11.6 Å². The number of hydrogen-bond donors (Lipinski definition) is 1. The lowest BCUT2D eigenvalue weighted by Crippen LogP contribution is -2.02. The van der Waals surface area contributed by atoms with Gasteiger partial charge in [-0.1, -0.05) is 11.6 Å². The van der Waals surface area contributed by atoms with E-state index < -0.39 is 5.97 Å². The summed E-state index contributed by atoms with van der Waals surface area (Å²) in [6, 6.07) is 4.67.